The fourth-order valence-electron chi connectivity index (χ4n) is 3.07. The molecule has 0 radical (unpaired) electrons. The number of likely N-dealkylation sites (N-methyl/N-ethyl adjacent to an activating group) is 1. The molecule has 2 atom stereocenters. The molecule has 2 rings (SSSR count). The van der Waals surface area contributed by atoms with Crippen molar-refractivity contribution in [1.29, 1.82) is 0 Å². The molecule has 0 bridgehead atoms. The highest BCUT2D eigenvalue weighted by atomic mass is 16.5. The minimum absolute atomic E-state index is 0.338. The van der Waals surface area contributed by atoms with Gasteiger partial charge in [0, 0.05) is 19.0 Å². The lowest BCUT2D eigenvalue weighted by Crippen LogP contribution is -3.11. The van der Waals surface area contributed by atoms with Crippen molar-refractivity contribution < 1.29 is 24.0 Å². The fourth-order valence-corrected chi connectivity index (χ4v) is 3.07. The van der Waals surface area contributed by atoms with Gasteiger partial charge < -0.3 is 19.7 Å². The van der Waals surface area contributed by atoms with Gasteiger partial charge in [-0.05, 0) is 17.7 Å². The van der Waals surface area contributed by atoms with Crippen molar-refractivity contribution in [2.45, 2.75) is 12.5 Å². The molecule has 0 aliphatic carbocycles. The molecule has 1 unspecified atom stereocenters. The standard InChI is InChI=1S/C21H27N3O4/c1-22-21(26)23-20(25)19(16-8-6-5-7-9-16)24(2)13-12-15-10-11-17(27-3)18(14-15)28-4/h5-11,14,19H,12-13H2,1-4H3,(H2,22,23,25,26)/p+1/t19-/m1/s1. The Morgan fingerprint density at radius 1 is 1.04 bits per heavy atom. The minimum atomic E-state index is -0.515. The van der Waals surface area contributed by atoms with Gasteiger partial charge in [-0.1, -0.05) is 36.4 Å². The zero-order valence-electron chi connectivity index (χ0n) is 16.7. The molecule has 0 saturated carbocycles. The topological polar surface area (TPSA) is 81.1 Å². The molecule has 2 aromatic carbocycles. The summed E-state index contributed by atoms with van der Waals surface area (Å²) in [5, 5.41) is 4.81. The summed E-state index contributed by atoms with van der Waals surface area (Å²) in [6, 6.07) is 14.2. The van der Waals surface area contributed by atoms with Crippen LogP contribution in [0.15, 0.2) is 48.5 Å². The van der Waals surface area contributed by atoms with Crippen LogP contribution in [0.4, 0.5) is 4.79 Å². The molecule has 0 fully saturated rings. The first-order valence-electron chi connectivity index (χ1n) is 9.10. The van der Waals surface area contributed by atoms with Crippen molar-refractivity contribution in [3.8, 4) is 11.5 Å². The Morgan fingerprint density at radius 3 is 2.32 bits per heavy atom. The van der Waals surface area contributed by atoms with E-state index in [0.29, 0.717) is 18.0 Å². The van der Waals surface area contributed by atoms with Crippen LogP contribution in [0.3, 0.4) is 0 Å². The molecule has 0 saturated heterocycles. The number of nitrogens with one attached hydrogen (secondary N) is 3. The van der Waals surface area contributed by atoms with E-state index in [1.54, 1.807) is 14.2 Å². The number of urea groups is 1. The molecule has 28 heavy (non-hydrogen) atoms. The number of carbonyl (C=O) groups excluding carboxylic acids is 2. The molecule has 0 heterocycles. The van der Waals surface area contributed by atoms with Gasteiger partial charge in [0.15, 0.2) is 17.5 Å². The predicted octanol–water partition coefficient (Wildman–Crippen LogP) is 0.958. The highest BCUT2D eigenvalue weighted by molar-refractivity contribution is 5.96. The average molecular weight is 386 g/mol. The number of rotatable bonds is 8. The fraction of sp³-hybridized carbons (Fsp3) is 0.333. The number of quaternary nitrogens is 1. The zero-order chi connectivity index (χ0) is 20.5. The number of amides is 3. The van der Waals surface area contributed by atoms with Crippen LogP contribution in [-0.4, -0.2) is 46.8 Å². The van der Waals surface area contributed by atoms with Crippen molar-refractivity contribution in [1.82, 2.24) is 10.6 Å². The van der Waals surface area contributed by atoms with Crippen LogP contribution in [0.2, 0.25) is 0 Å². The number of benzene rings is 2. The minimum Gasteiger partial charge on any atom is -0.493 e. The molecule has 0 aromatic heterocycles. The van der Waals surface area contributed by atoms with E-state index in [2.05, 4.69) is 10.6 Å². The van der Waals surface area contributed by atoms with E-state index in [-0.39, 0.29) is 5.91 Å². The Morgan fingerprint density at radius 2 is 1.71 bits per heavy atom. The number of carbonyl (C=O) groups is 2. The Kier molecular flexibility index (Phi) is 7.83. The summed E-state index contributed by atoms with van der Waals surface area (Å²) in [6.07, 6.45) is 0.739. The number of methoxy groups -OCH3 is 2. The Balaban J connectivity index is 2.15. The Labute approximate surface area is 165 Å². The summed E-state index contributed by atoms with van der Waals surface area (Å²) in [6.45, 7) is 0.691. The van der Waals surface area contributed by atoms with Crippen molar-refractivity contribution in [3.05, 3.63) is 59.7 Å². The molecule has 0 aliphatic rings. The summed E-state index contributed by atoms with van der Waals surface area (Å²) in [5.74, 6) is 1.02. The quantitative estimate of drug-likeness (QED) is 0.631. The number of hydrogen-bond acceptors (Lipinski definition) is 4. The molecule has 0 spiro atoms. The third-order valence-electron chi connectivity index (χ3n) is 4.61. The van der Waals surface area contributed by atoms with E-state index >= 15 is 0 Å². The molecular formula is C21H28N3O4+. The van der Waals surface area contributed by atoms with Crippen molar-refractivity contribution in [2.24, 2.45) is 0 Å². The van der Waals surface area contributed by atoms with Gasteiger partial charge in [0.2, 0.25) is 0 Å². The van der Waals surface area contributed by atoms with Crippen LogP contribution in [0.5, 0.6) is 11.5 Å². The maximum Gasteiger partial charge on any atom is 0.321 e. The van der Waals surface area contributed by atoms with Gasteiger partial charge in [-0.25, -0.2) is 4.79 Å². The molecular weight excluding hydrogens is 358 g/mol. The van der Waals surface area contributed by atoms with Crippen molar-refractivity contribution >= 4 is 11.9 Å². The summed E-state index contributed by atoms with van der Waals surface area (Å²) < 4.78 is 10.6. The van der Waals surface area contributed by atoms with E-state index in [9.17, 15) is 9.59 Å². The monoisotopic (exact) mass is 386 g/mol. The SMILES string of the molecule is CNC(=O)NC(=O)[C@@H](c1ccccc1)[NH+](C)CCc1ccc(OC)c(OC)c1. The van der Waals surface area contributed by atoms with Crippen LogP contribution < -0.4 is 25.0 Å². The Hall–Kier alpha value is -3.06. The molecule has 150 valence electrons. The summed E-state index contributed by atoms with van der Waals surface area (Å²) in [4.78, 5) is 25.3. The van der Waals surface area contributed by atoms with Crippen molar-refractivity contribution in [3.63, 3.8) is 0 Å². The van der Waals surface area contributed by atoms with E-state index in [0.717, 1.165) is 22.4 Å². The van der Waals surface area contributed by atoms with Crippen LogP contribution in [0.1, 0.15) is 17.2 Å². The summed E-state index contributed by atoms with van der Waals surface area (Å²) in [5.41, 5.74) is 1.93. The lowest BCUT2D eigenvalue weighted by atomic mass is 10.0. The smallest absolute Gasteiger partial charge is 0.321 e. The number of imide groups is 1. The number of ether oxygens (including phenoxy) is 2. The molecule has 0 aliphatic heterocycles. The highest BCUT2D eigenvalue weighted by Crippen LogP contribution is 2.27. The third kappa shape index (κ3) is 5.47. The third-order valence-corrected chi connectivity index (χ3v) is 4.61. The maximum atomic E-state index is 12.7. The first-order valence-corrected chi connectivity index (χ1v) is 9.10. The second-order valence-corrected chi connectivity index (χ2v) is 6.45. The Bertz CT molecular complexity index is 795. The van der Waals surface area contributed by atoms with Gasteiger partial charge in [0.25, 0.3) is 5.91 Å². The van der Waals surface area contributed by atoms with Gasteiger partial charge >= 0.3 is 6.03 Å². The van der Waals surface area contributed by atoms with Gasteiger partial charge in [0.05, 0.1) is 27.8 Å². The van der Waals surface area contributed by atoms with E-state index in [4.69, 9.17) is 9.47 Å². The molecule has 2 aromatic rings. The summed E-state index contributed by atoms with van der Waals surface area (Å²) >= 11 is 0. The first-order chi connectivity index (χ1) is 13.5. The second-order valence-electron chi connectivity index (χ2n) is 6.45. The molecule has 3 N–H and O–H groups in total. The predicted molar refractivity (Wildman–Crippen MR) is 107 cm³/mol. The molecule has 7 heteroatoms. The second kappa shape index (κ2) is 10.3. The van der Waals surface area contributed by atoms with Crippen LogP contribution in [0, 0.1) is 0 Å². The lowest BCUT2D eigenvalue weighted by molar-refractivity contribution is -0.902. The van der Waals surface area contributed by atoms with E-state index in [1.165, 1.54) is 7.05 Å². The average Bonchev–Trinajstić information content (AvgIpc) is 2.72. The molecule has 7 nitrogen and oxygen atoms in total. The van der Waals surface area contributed by atoms with E-state index < -0.39 is 12.1 Å². The highest BCUT2D eigenvalue weighted by Gasteiger charge is 2.30. The van der Waals surface area contributed by atoms with E-state index in [1.807, 2.05) is 55.6 Å². The molecule has 3 amide bonds. The maximum absolute atomic E-state index is 12.7. The van der Waals surface area contributed by atoms with Crippen molar-refractivity contribution in [2.75, 3.05) is 34.9 Å². The lowest BCUT2D eigenvalue weighted by Gasteiger charge is -2.24. The first kappa shape index (κ1) is 21.2. The van der Waals surface area contributed by atoms with Crippen LogP contribution >= 0.6 is 0 Å². The zero-order valence-corrected chi connectivity index (χ0v) is 16.7. The number of hydrogen-bond donors (Lipinski definition) is 3. The normalized spacial score (nSPS) is 12.6. The van der Waals surface area contributed by atoms with Gasteiger partial charge in [-0.15, -0.1) is 0 Å². The van der Waals surface area contributed by atoms with Crippen LogP contribution in [0.25, 0.3) is 0 Å². The largest absolute Gasteiger partial charge is 0.493 e. The summed E-state index contributed by atoms with van der Waals surface area (Å²) in [7, 11) is 6.63. The van der Waals surface area contributed by atoms with Gasteiger partial charge in [-0.3, -0.25) is 10.1 Å². The van der Waals surface area contributed by atoms with Gasteiger partial charge in [-0.2, -0.15) is 0 Å². The van der Waals surface area contributed by atoms with Crippen LogP contribution in [-0.2, 0) is 11.2 Å². The van der Waals surface area contributed by atoms with Gasteiger partial charge in [0.1, 0.15) is 0 Å².